The minimum atomic E-state index is -0.151. The van der Waals surface area contributed by atoms with Gasteiger partial charge in [0, 0.05) is 6.04 Å². The van der Waals surface area contributed by atoms with Crippen LogP contribution in [0.15, 0.2) is 0 Å². The minimum absolute atomic E-state index is 0.151. The Kier molecular flexibility index (Phi) is 4.09. The molecule has 0 unspecified atom stereocenters. The van der Waals surface area contributed by atoms with Crippen LogP contribution >= 0.6 is 0 Å². The normalized spacial score (nSPS) is 30.6. The fraction of sp³-hybridized carbons (Fsp3) is 0.933. The van der Waals surface area contributed by atoms with Crippen LogP contribution in [0.5, 0.6) is 0 Å². The summed E-state index contributed by atoms with van der Waals surface area (Å²) in [4.78, 5) is 2.69. The van der Waals surface area contributed by atoms with Crippen molar-refractivity contribution in [2.24, 2.45) is 11.3 Å². The van der Waals surface area contributed by atoms with E-state index in [4.69, 9.17) is 5.26 Å². The van der Waals surface area contributed by atoms with E-state index in [9.17, 15) is 0 Å². The first kappa shape index (κ1) is 12.9. The number of nitrogens with zero attached hydrogens (tertiary/aromatic N) is 2. The van der Waals surface area contributed by atoms with Crippen molar-refractivity contribution in [3.63, 3.8) is 0 Å². The van der Waals surface area contributed by atoms with Crippen molar-refractivity contribution in [3.05, 3.63) is 0 Å². The molecular weight excluding hydrogens is 208 g/mol. The largest absolute Gasteiger partial charge is 0.300 e. The Labute approximate surface area is 106 Å². The van der Waals surface area contributed by atoms with Gasteiger partial charge in [-0.1, -0.05) is 12.8 Å². The van der Waals surface area contributed by atoms with Gasteiger partial charge in [-0.25, -0.2) is 0 Å². The maximum absolute atomic E-state index is 9.09. The summed E-state index contributed by atoms with van der Waals surface area (Å²) in [5.74, 6) is 0.961. The number of nitriles is 1. The van der Waals surface area contributed by atoms with E-state index in [1.165, 1.54) is 45.1 Å². The predicted molar refractivity (Wildman–Crippen MR) is 70.6 cm³/mol. The fourth-order valence-electron chi connectivity index (χ4n) is 3.48. The van der Waals surface area contributed by atoms with Gasteiger partial charge in [-0.15, -0.1) is 0 Å². The molecule has 1 saturated heterocycles. The molecule has 2 rings (SSSR count). The van der Waals surface area contributed by atoms with Gasteiger partial charge in [0.2, 0.25) is 0 Å². The van der Waals surface area contributed by atoms with Gasteiger partial charge in [-0.2, -0.15) is 5.26 Å². The topological polar surface area (TPSA) is 27.0 Å². The number of hydrogen-bond donors (Lipinski definition) is 0. The Bertz CT molecular complexity index is 288. The Morgan fingerprint density at radius 3 is 2.65 bits per heavy atom. The highest BCUT2D eigenvalue weighted by molar-refractivity contribution is 4.94. The lowest BCUT2D eigenvalue weighted by Gasteiger charge is -2.44. The third-order valence-corrected chi connectivity index (χ3v) is 4.68. The van der Waals surface area contributed by atoms with Crippen molar-refractivity contribution in [2.75, 3.05) is 13.1 Å². The molecule has 2 nitrogen and oxygen atoms in total. The number of piperidine rings is 1. The summed E-state index contributed by atoms with van der Waals surface area (Å²) < 4.78 is 0. The summed E-state index contributed by atoms with van der Waals surface area (Å²) in [5, 5.41) is 9.09. The molecular formula is C15H26N2. The summed E-state index contributed by atoms with van der Waals surface area (Å²) in [5.41, 5.74) is -0.151. The van der Waals surface area contributed by atoms with Crippen molar-refractivity contribution < 1.29 is 0 Å². The summed E-state index contributed by atoms with van der Waals surface area (Å²) in [7, 11) is 0. The van der Waals surface area contributed by atoms with Crippen LogP contribution < -0.4 is 0 Å². The van der Waals surface area contributed by atoms with E-state index in [1.54, 1.807) is 0 Å². The van der Waals surface area contributed by atoms with Gasteiger partial charge in [-0.3, -0.25) is 0 Å². The molecule has 0 radical (unpaired) electrons. The molecule has 0 aromatic carbocycles. The van der Waals surface area contributed by atoms with E-state index in [-0.39, 0.29) is 5.41 Å². The second kappa shape index (κ2) is 5.40. The van der Waals surface area contributed by atoms with Gasteiger partial charge in [0.1, 0.15) is 0 Å². The van der Waals surface area contributed by atoms with E-state index in [1.807, 2.05) is 0 Å². The smallest absolute Gasteiger partial charge is 0.0684 e. The summed E-state index contributed by atoms with van der Waals surface area (Å²) in [6.45, 7) is 6.52. The van der Waals surface area contributed by atoms with Gasteiger partial charge in [0.05, 0.1) is 11.5 Å². The van der Waals surface area contributed by atoms with Crippen molar-refractivity contribution in [1.29, 1.82) is 5.26 Å². The van der Waals surface area contributed by atoms with Crippen LogP contribution in [0, 0.1) is 22.7 Å². The van der Waals surface area contributed by atoms with Gasteiger partial charge in [-0.05, 0) is 65.0 Å². The zero-order valence-corrected chi connectivity index (χ0v) is 11.4. The maximum Gasteiger partial charge on any atom is 0.0684 e. The van der Waals surface area contributed by atoms with Gasteiger partial charge >= 0.3 is 0 Å². The molecule has 1 aliphatic heterocycles. The molecule has 2 aliphatic rings. The van der Waals surface area contributed by atoms with Crippen molar-refractivity contribution in [1.82, 2.24) is 4.90 Å². The Balaban J connectivity index is 1.89. The number of hydrogen-bond acceptors (Lipinski definition) is 2. The Morgan fingerprint density at radius 2 is 1.88 bits per heavy atom. The van der Waals surface area contributed by atoms with Gasteiger partial charge < -0.3 is 4.90 Å². The molecule has 0 aromatic heterocycles. The third-order valence-electron chi connectivity index (χ3n) is 4.68. The highest BCUT2D eigenvalue weighted by Crippen LogP contribution is 2.35. The molecule has 0 amide bonds. The van der Waals surface area contributed by atoms with Gasteiger partial charge in [0.25, 0.3) is 0 Å². The second-order valence-electron chi connectivity index (χ2n) is 6.54. The van der Waals surface area contributed by atoms with Crippen LogP contribution in [0.25, 0.3) is 0 Å². The third kappa shape index (κ3) is 3.22. The van der Waals surface area contributed by atoms with Crippen molar-refractivity contribution >= 4 is 0 Å². The molecule has 2 fully saturated rings. The van der Waals surface area contributed by atoms with Crippen molar-refractivity contribution in [2.45, 2.75) is 64.8 Å². The van der Waals surface area contributed by atoms with Gasteiger partial charge in [0.15, 0.2) is 0 Å². The van der Waals surface area contributed by atoms with E-state index >= 15 is 0 Å². The summed E-state index contributed by atoms with van der Waals surface area (Å²) in [6, 6.07) is 3.27. The zero-order valence-electron chi connectivity index (χ0n) is 11.4. The highest BCUT2D eigenvalue weighted by atomic mass is 15.2. The van der Waals surface area contributed by atoms with Crippen LogP contribution in [0.4, 0.5) is 0 Å². The molecule has 2 heteroatoms. The van der Waals surface area contributed by atoms with Crippen LogP contribution in [-0.4, -0.2) is 24.0 Å². The molecule has 2 atom stereocenters. The van der Waals surface area contributed by atoms with Crippen LogP contribution in [0.3, 0.4) is 0 Å². The molecule has 0 N–H and O–H groups in total. The molecule has 1 aliphatic carbocycles. The SMILES string of the molecule is CC(C)(C#N)CCN1CCC[C@H]2CCCC[C@H]21. The average molecular weight is 234 g/mol. The first-order valence-electron chi connectivity index (χ1n) is 7.28. The summed E-state index contributed by atoms with van der Waals surface area (Å²) in [6.07, 6.45) is 9.54. The fourth-order valence-corrected chi connectivity index (χ4v) is 3.48. The Hall–Kier alpha value is -0.550. The van der Waals surface area contributed by atoms with E-state index in [0.29, 0.717) is 0 Å². The lowest BCUT2D eigenvalue weighted by atomic mass is 9.78. The van der Waals surface area contributed by atoms with E-state index in [0.717, 1.165) is 24.9 Å². The van der Waals surface area contributed by atoms with E-state index in [2.05, 4.69) is 24.8 Å². The number of rotatable bonds is 3. The average Bonchev–Trinajstić information content (AvgIpc) is 2.36. The summed E-state index contributed by atoms with van der Waals surface area (Å²) >= 11 is 0. The molecule has 0 spiro atoms. The predicted octanol–water partition coefficient (Wildman–Crippen LogP) is 3.58. The molecule has 0 bridgehead atoms. The van der Waals surface area contributed by atoms with Crippen LogP contribution in [-0.2, 0) is 0 Å². The number of fused-ring (bicyclic) bond motifs is 1. The molecule has 17 heavy (non-hydrogen) atoms. The Morgan fingerprint density at radius 1 is 1.18 bits per heavy atom. The first-order chi connectivity index (χ1) is 8.12. The highest BCUT2D eigenvalue weighted by Gasteiger charge is 2.33. The number of likely N-dealkylation sites (tertiary alicyclic amines) is 1. The lowest BCUT2D eigenvalue weighted by molar-refractivity contribution is 0.0546. The maximum atomic E-state index is 9.09. The van der Waals surface area contributed by atoms with Crippen molar-refractivity contribution in [3.8, 4) is 6.07 Å². The lowest BCUT2D eigenvalue weighted by Crippen LogP contribution is -2.47. The standard InChI is InChI=1S/C15H26N2/c1-15(2,12-16)9-11-17-10-5-7-13-6-3-4-8-14(13)17/h13-14H,3-11H2,1-2H3/t13-,14-/m1/s1. The van der Waals surface area contributed by atoms with Crippen LogP contribution in [0.2, 0.25) is 0 Å². The first-order valence-corrected chi connectivity index (χ1v) is 7.28. The molecule has 1 saturated carbocycles. The monoisotopic (exact) mass is 234 g/mol. The molecule has 1 heterocycles. The minimum Gasteiger partial charge on any atom is -0.300 e. The quantitative estimate of drug-likeness (QED) is 0.746. The van der Waals surface area contributed by atoms with Crippen LogP contribution in [0.1, 0.15) is 58.8 Å². The molecule has 0 aromatic rings. The second-order valence-corrected chi connectivity index (χ2v) is 6.54. The molecule has 96 valence electrons. The zero-order chi connectivity index (χ0) is 12.3. The van der Waals surface area contributed by atoms with E-state index < -0.39 is 0 Å².